The van der Waals surface area contributed by atoms with Gasteiger partial charge in [0.15, 0.2) is 0 Å². The van der Waals surface area contributed by atoms with Crippen molar-refractivity contribution < 1.29 is 14.7 Å². The zero-order valence-electron chi connectivity index (χ0n) is 11.3. The van der Waals surface area contributed by atoms with Gasteiger partial charge in [0, 0.05) is 18.4 Å². The van der Waals surface area contributed by atoms with Gasteiger partial charge in [-0.2, -0.15) is 0 Å². The third kappa shape index (κ3) is 5.07. The Hall–Kier alpha value is -1.06. The maximum absolute atomic E-state index is 12.1. The van der Waals surface area contributed by atoms with Gasteiger partial charge in [0.1, 0.15) is 0 Å². The predicted octanol–water partition coefficient (Wildman–Crippen LogP) is 2.72. The van der Waals surface area contributed by atoms with Crippen LogP contribution in [0.15, 0.2) is 0 Å². The minimum Gasteiger partial charge on any atom is -0.481 e. The first kappa shape index (κ1) is 15.0. The standard InChI is InChI=1S/C14H25NO3/c1-14(9-5-3-6-10-14)13(18)15-11-7-2-4-8-12(16)17/h2-11H2,1H3,(H,15,18)(H,16,17). The van der Waals surface area contributed by atoms with Crippen molar-refractivity contribution in [2.24, 2.45) is 5.41 Å². The quantitative estimate of drug-likeness (QED) is 0.687. The summed E-state index contributed by atoms with van der Waals surface area (Å²) in [5.74, 6) is -0.561. The summed E-state index contributed by atoms with van der Waals surface area (Å²) in [5.41, 5.74) is -0.167. The second-order valence-corrected chi connectivity index (χ2v) is 5.58. The lowest BCUT2D eigenvalue weighted by Gasteiger charge is -2.32. The Bertz CT molecular complexity index is 283. The summed E-state index contributed by atoms with van der Waals surface area (Å²) in [7, 11) is 0. The minimum atomic E-state index is -0.742. The number of carboxylic acids is 1. The zero-order valence-corrected chi connectivity index (χ0v) is 11.3. The number of carbonyl (C=O) groups excluding carboxylic acids is 1. The van der Waals surface area contributed by atoms with Crippen molar-refractivity contribution in [2.45, 2.75) is 64.7 Å². The average molecular weight is 255 g/mol. The van der Waals surface area contributed by atoms with E-state index in [4.69, 9.17) is 5.11 Å². The first-order valence-electron chi connectivity index (χ1n) is 7.05. The second kappa shape index (κ2) is 7.39. The van der Waals surface area contributed by atoms with Crippen molar-refractivity contribution in [3.05, 3.63) is 0 Å². The van der Waals surface area contributed by atoms with E-state index in [0.29, 0.717) is 13.0 Å². The molecule has 0 heterocycles. The van der Waals surface area contributed by atoms with Crippen LogP contribution in [0.2, 0.25) is 0 Å². The molecule has 2 N–H and O–H groups in total. The third-order valence-corrected chi connectivity index (χ3v) is 3.86. The lowest BCUT2D eigenvalue weighted by molar-refractivity contribution is -0.137. The van der Waals surface area contributed by atoms with Crippen LogP contribution in [0.1, 0.15) is 64.7 Å². The highest BCUT2D eigenvalue weighted by Crippen LogP contribution is 2.35. The largest absolute Gasteiger partial charge is 0.481 e. The number of aliphatic carboxylic acids is 1. The van der Waals surface area contributed by atoms with E-state index in [-0.39, 0.29) is 17.7 Å². The SMILES string of the molecule is CC1(C(=O)NCCCCCC(=O)O)CCCCC1. The molecule has 1 amide bonds. The van der Waals surface area contributed by atoms with E-state index in [1.807, 2.05) is 0 Å². The number of nitrogens with one attached hydrogen (secondary N) is 1. The molecule has 0 aromatic rings. The summed E-state index contributed by atoms with van der Waals surface area (Å²) in [6, 6.07) is 0. The van der Waals surface area contributed by atoms with Crippen LogP contribution in [0.25, 0.3) is 0 Å². The number of unbranched alkanes of at least 4 members (excludes halogenated alkanes) is 2. The van der Waals surface area contributed by atoms with Crippen molar-refractivity contribution in [3.8, 4) is 0 Å². The Morgan fingerprint density at radius 3 is 2.39 bits per heavy atom. The molecule has 0 aromatic heterocycles. The normalized spacial score (nSPS) is 18.3. The molecule has 0 atom stereocenters. The Morgan fingerprint density at radius 1 is 1.11 bits per heavy atom. The first-order valence-corrected chi connectivity index (χ1v) is 7.05. The molecule has 4 heteroatoms. The molecule has 0 bridgehead atoms. The number of rotatable bonds is 7. The third-order valence-electron chi connectivity index (χ3n) is 3.86. The molecule has 0 radical (unpaired) electrons. The van der Waals surface area contributed by atoms with E-state index < -0.39 is 5.97 Å². The van der Waals surface area contributed by atoms with Gasteiger partial charge in [-0.1, -0.05) is 32.6 Å². The van der Waals surface area contributed by atoms with Crippen molar-refractivity contribution in [1.82, 2.24) is 5.32 Å². The molecule has 4 nitrogen and oxygen atoms in total. The molecule has 0 unspecified atom stereocenters. The van der Waals surface area contributed by atoms with Crippen LogP contribution >= 0.6 is 0 Å². The monoisotopic (exact) mass is 255 g/mol. The smallest absolute Gasteiger partial charge is 0.303 e. The van der Waals surface area contributed by atoms with Gasteiger partial charge in [0.2, 0.25) is 5.91 Å². The maximum atomic E-state index is 12.1. The minimum absolute atomic E-state index is 0.167. The van der Waals surface area contributed by atoms with Crippen molar-refractivity contribution in [1.29, 1.82) is 0 Å². The average Bonchev–Trinajstić information content (AvgIpc) is 2.34. The zero-order chi connectivity index (χ0) is 13.4. The Labute approximate surface area is 109 Å². The highest BCUT2D eigenvalue weighted by atomic mass is 16.4. The van der Waals surface area contributed by atoms with Crippen LogP contribution in [0.4, 0.5) is 0 Å². The Kier molecular flexibility index (Phi) is 6.16. The molecular weight excluding hydrogens is 230 g/mol. The van der Waals surface area contributed by atoms with E-state index >= 15 is 0 Å². The van der Waals surface area contributed by atoms with Crippen LogP contribution < -0.4 is 5.32 Å². The topological polar surface area (TPSA) is 66.4 Å². The molecule has 18 heavy (non-hydrogen) atoms. The summed E-state index contributed by atoms with van der Waals surface area (Å²) in [6.07, 6.45) is 8.21. The summed E-state index contributed by atoms with van der Waals surface area (Å²) in [4.78, 5) is 22.4. The second-order valence-electron chi connectivity index (χ2n) is 5.58. The number of amides is 1. The Morgan fingerprint density at radius 2 is 1.78 bits per heavy atom. The summed E-state index contributed by atoms with van der Waals surface area (Å²) in [5, 5.41) is 11.5. The van der Waals surface area contributed by atoms with E-state index in [9.17, 15) is 9.59 Å². The van der Waals surface area contributed by atoms with E-state index in [0.717, 1.165) is 38.5 Å². The molecular formula is C14H25NO3. The van der Waals surface area contributed by atoms with Crippen molar-refractivity contribution in [2.75, 3.05) is 6.54 Å². The number of hydrogen-bond donors (Lipinski definition) is 2. The number of hydrogen-bond acceptors (Lipinski definition) is 2. The van der Waals surface area contributed by atoms with Gasteiger partial charge >= 0.3 is 5.97 Å². The lowest BCUT2D eigenvalue weighted by atomic mass is 9.75. The van der Waals surface area contributed by atoms with Gasteiger partial charge in [0.05, 0.1) is 0 Å². The number of carboxylic acid groups (broad SMARTS) is 1. The molecule has 1 aliphatic carbocycles. The highest BCUT2D eigenvalue weighted by molar-refractivity contribution is 5.82. The summed E-state index contributed by atoms with van der Waals surface area (Å²) in [6.45, 7) is 2.74. The molecule has 1 fully saturated rings. The fraction of sp³-hybridized carbons (Fsp3) is 0.857. The van der Waals surface area contributed by atoms with E-state index in [1.54, 1.807) is 0 Å². The Balaban J connectivity index is 2.11. The molecule has 0 aromatic carbocycles. The van der Waals surface area contributed by atoms with E-state index in [1.165, 1.54) is 6.42 Å². The molecule has 0 saturated heterocycles. The van der Waals surface area contributed by atoms with Gasteiger partial charge in [-0.3, -0.25) is 9.59 Å². The molecule has 1 aliphatic rings. The van der Waals surface area contributed by atoms with Gasteiger partial charge in [0.25, 0.3) is 0 Å². The van der Waals surface area contributed by atoms with Crippen LogP contribution in [0.3, 0.4) is 0 Å². The molecule has 104 valence electrons. The maximum Gasteiger partial charge on any atom is 0.303 e. The predicted molar refractivity (Wildman–Crippen MR) is 70.3 cm³/mol. The lowest BCUT2D eigenvalue weighted by Crippen LogP contribution is -2.40. The highest BCUT2D eigenvalue weighted by Gasteiger charge is 2.33. The van der Waals surface area contributed by atoms with Gasteiger partial charge in [-0.05, 0) is 25.7 Å². The fourth-order valence-corrected chi connectivity index (χ4v) is 2.55. The van der Waals surface area contributed by atoms with Gasteiger partial charge in [-0.15, -0.1) is 0 Å². The summed E-state index contributed by atoms with van der Waals surface area (Å²) < 4.78 is 0. The van der Waals surface area contributed by atoms with Crippen LogP contribution in [-0.4, -0.2) is 23.5 Å². The first-order chi connectivity index (χ1) is 8.54. The molecule has 0 aliphatic heterocycles. The van der Waals surface area contributed by atoms with Crippen molar-refractivity contribution >= 4 is 11.9 Å². The van der Waals surface area contributed by atoms with Crippen LogP contribution in [0.5, 0.6) is 0 Å². The van der Waals surface area contributed by atoms with Gasteiger partial charge < -0.3 is 10.4 Å². The van der Waals surface area contributed by atoms with Gasteiger partial charge in [-0.25, -0.2) is 0 Å². The molecule has 0 spiro atoms. The van der Waals surface area contributed by atoms with Crippen LogP contribution in [-0.2, 0) is 9.59 Å². The fourth-order valence-electron chi connectivity index (χ4n) is 2.55. The van der Waals surface area contributed by atoms with E-state index in [2.05, 4.69) is 12.2 Å². The van der Waals surface area contributed by atoms with Crippen LogP contribution in [0, 0.1) is 5.41 Å². The number of carbonyl (C=O) groups is 2. The van der Waals surface area contributed by atoms with Crippen molar-refractivity contribution in [3.63, 3.8) is 0 Å². The molecule has 1 saturated carbocycles. The molecule has 1 rings (SSSR count). The summed E-state index contributed by atoms with van der Waals surface area (Å²) >= 11 is 0.